The lowest BCUT2D eigenvalue weighted by molar-refractivity contribution is 0.0977. The Morgan fingerprint density at radius 3 is 2.67 bits per heavy atom. The third-order valence-corrected chi connectivity index (χ3v) is 5.53. The molecular weight excluding hydrogens is 459 g/mol. The van der Waals surface area contributed by atoms with Crippen LogP contribution in [0.2, 0.25) is 10.0 Å². The van der Waals surface area contributed by atoms with Crippen molar-refractivity contribution in [2.45, 2.75) is 6.42 Å². The van der Waals surface area contributed by atoms with E-state index in [0.717, 1.165) is 16.5 Å². The summed E-state index contributed by atoms with van der Waals surface area (Å²) in [5, 5.41) is 8.13. The van der Waals surface area contributed by atoms with Crippen LogP contribution in [-0.2, 0) is 6.42 Å². The molecule has 1 amide bonds. The number of fused-ring (bicyclic) bond motifs is 1. The normalized spacial score (nSPS) is 11.4. The van der Waals surface area contributed by atoms with Gasteiger partial charge in [-0.05, 0) is 54.4 Å². The number of hydrogen-bond acceptors (Lipinski definition) is 3. The van der Waals surface area contributed by atoms with Gasteiger partial charge in [0.2, 0.25) is 5.96 Å². The molecule has 3 aromatic carbocycles. The Balaban J connectivity index is 1.57. The van der Waals surface area contributed by atoms with Gasteiger partial charge in [0.05, 0.1) is 12.8 Å². The van der Waals surface area contributed by atoms with Gasteiger partial charge in [0, 0.05) is 39.3 Å². The first-order valence-corrected chi connectivity index (χ1v) is 11.1. The maximum Gasteiger partial charge on any atom is 0.258 e. The number of amides is 1. The molecule has 0 saturated carbocycles. The summed E-state index contributed by atoms with van der Waals surface area (Å²) in [4.78, 5) is 20.7. The summed E-state index contributed by atoms with van der Waals surface area (Å²) < 4.78 is 5.41. The van der Waals surface area contributed by atoms with Crippen molar-refractivity contribution in [1.29, 1.82) is 0 Å². The van der Waals surface area contributed by atoms with Crippen LogP contribution >= 0.6 is 23.2 Å². The van der Waals surface area contributed by atoms with E-state index in [2.05, 4.69) is 26.7 Å². The molecule has 4 rings (SSSR count). The zero-order chi connectivity index (χ0) is 23.2. The number of benzene rings is 3. The lowest BCUT2D eigenvalue weighted by atomic mass is 10.1. The molecule has 6 nitrogen and oxygen atoms in total. The van der Waals surface area contributed by atoms with Gasteiger partial charge in [-0.2, -0.15) is 0 Å². The number of H-pyrrole nitrogens is 1. The van der Waals surface area contributed by atoms with Crippen LogP contribution in [0.4, 0.5) is 5.69 Å². The van der Waals surface area contributed by atoms with Crippen molar-refractivity contribution < 1.29 is 9.53 Å². The van der Waals surface area contributed by atoms with Gasteiger partial charge in [-0.3, -0.25) is 15.1 Å². The zero-order valence-electron chi connectivity index (χ0n) is 17.9. The fourth-order valence-corrected chi connectivity index (χ4v) is 3.81. The Morgan fingerprint density at radius 1 is 1.03 bits per heavy atom. The Hall–Kier alpha value is -3.48. The summed E-state index contributed by atoms with van der Waals surface area (Å²) in [5.41, 5.74) is 3.23. The Kier molecular flexibility index (Phi) is 7.17. The average Bonchev–Trinajstić information content (AvgIpc) is 3.22. The van der Waals surface area contributed by atoms with Crippen molar-refractivity contribution in [2.75, 3.05) is 19.0 Å². The van der Waals surface area contributed by atoms with E-state index in [-0.39, 0.29) is 11.9 Å². The number of anilines is 1. The zero-order valence-corrected chi connectivity index (χ0v) is 19.4. The van der Waals surface area contributed by atoms with E-state index in [1.54, 1.807) is 49.6 Å². The van der Waals surface area contributed by atoms with Gasteiger partial charge in [-0.1, -0.05) is 47.5 Å². The van der Waals surface area contributed by atoms with Gasteiger partial charge < -0.3 is 15.0 Å². The van der Waals surface area contributed by atoms with E-state index in [0.29, 0.717) is 40.0 Å². The number of rotatable bonds is 6. The lowest BCUT2D eigenvalue weighted by Crippen LogP contribution is -2.36. The summed E-state index contributed by atoms with van der Waals surface area (Å²) >= 11 is 12.2. The number of aromatic nitrogens is 1. The predicted octanol–water partition coefficient (Wildman–Crippen LogP) is 5.92. The molecule has 0 fully saturated rings. The molecule has 0 radical (unpaired) electrons. The van der Waals surface area contributed by atoms with Crippen molar-refractivity contribution in [1.82, 2.24) is 10.3 Å². The van der Waals surface area contributed by atoms with Crippen LogP contribution in [0.3, 0.4) is 0 Å². The van der Waals surface area contributed by atoms with Gasteiger partial charge in [-0.15, -0.1) is 0 Å². The van der Waals surface area contributed by atoms with Crippen molar-refractivity contribution >= 4 is 51.7 Å². The number of aromatic amines is 1. The summed E-state index contributed by atoms with van der Waals surface area (Å²) in [7, 11) is 1.56. The van der Waals surface area contributed by atoms with Gasteiger partial charge in [0.15, 0.2) is 0 Å². The summed E-state index contributed by atoms with van der Waals surface area (Å²) in [6.07, 6.45) is 2.67. The highest BCUT2D eigenvalue weighted by Gasteiger charge is 2.13. The maximum atomic E-state index is 12.8. The summed E-state index contributed by atoms with van der Waals surface area (Å²) in [5.74, 6) is 0.512. The molecule has 0 saturated heterocycles. The third-order valence-electron chi connectivity index (χ3n) is 5.06. The number of carbonyl (C=O) groups is 1. The van der Waals surface area contributed by atoms with Gasteiger partial charge >= 0.3 is 0 Å². The second-order valence-corrected chi connectivity index (χ2v) is 8.15. The smallest absolute Gasteiger partial charge is 0.258 e. The molecule has 0 unspecified atom stereocenters. The van der Waals surface area contributed by atoms with Crippen LogP contribution in [0.15, 0.2) is 77.9 Å². The second-order valence-electron chi connectivity index (χ2n) is 7.27. The molecule has 0 aliphatic heterocycles. The molecule has 0 atom stereocenters. The number of nitrogens with one attached hydrogen (secondary N) is 3. The highest BCUT2D eigenvalue weighted by molar-refractivity contribution is 6.31. The van der Waals surface area contributed by atoms with E-state index in [1.807, 2.05) is 24.4 Å². The molecule has 168 valence electrons. The van der Waals surface area contributed by atoms with Crippen LogP contribution in [0.5, 0.6) is 5.75 Å². The van der Waals surface area contributed by atoms with Crippen molar-refractivity contribution in [3.63, 3.8) is 0 Å². The van der Waals surface area contributed by atoms with E-state index < -0.39 is 0 Å². The maximum absolute atomic E-state index is 12.8. The second kappa shape index (κ2) is 10.4. The molecule has 0 aliphatic carbocycles. The summed E-state index contributed by atoms with van der Waals surface area (Å²) in [6, 6.07) is 20.0. The number of methoxy groups -OCH3 is 1. The Labute approximate surface area is 201 Å². The largest absolute Gasteiger partial charge is 0.495 e. The van der Waals surface area contributed by atoms with Gasteiger partial charge in [-0.25, -0.2) is 0 Å². The highest BCUT2D eigenvalue weighted by atomic mass is 35.5. The van der Waals surface area contributed by atoms with Crippen molar-refractivity contribution in [3.05, 3.63) is 94.1 Å². The predicted molar refractivity (Wildman–Crippen MR) is 135 cm³/mol. The highest BCUT2D eigenvalue weighted by Crippen LogP contribution is 2.27. The number of ether oxygens (including phenoxy) is 1. The number of hydrogen-bond donors (Lipinski definition) is 3. The molecule has 3 N–H and O–H groups in total. The van der Waals surface area contributed by atoms with Crippen LogP contribution in [0.1, 0.15) is 15.9 Å². The molecule has 0 spiro atoms. The van der Waals surface area contributed by atoms with Crippen LogP contribution in [0, 0.1) is 0 Å². The first-order chi connectivity index (χ1) is 16.0. The Bertz CT molecular complexity index is 1320. The van der Waals surface area contributed by atoms with E-state index in [1.165, 1.54) is 0 Å². The molecule has 0 aliphatic rings. The van der Waals surface area contributed by atoms with Gasteiger partial charge in [0.25, 0.3) is 5.91 Å². The van der Waals surface area contributed by atoms with Gasteiger partial charge in [0.1, 0.15) is 5.75 Å². The lowest BCUT2D eigenvalue weighted by Gasteiger charge is -2.15. The standard InChI is InChI=1S/C25H22Cl2N4O2/c1-33-23-10-9-19(27)14-22(23)30-25(31-24(32)16-5-4-6-18(26)13-16)28-12-11-17-15-29-21-8-3-2-7-20(17)21/h2-10,13-15,29H,11-12H2,1H3,(H2,28,30,31,32). The number of halogens is 2. The minimum atomic E-state index is -0.336. The third kappa shape index (κ3) is 5.66. The van der Waals surface area contributed by atoms with Crippen LogP contribution in [-0.4, -0.2) is 30.5 Å². The molecule has 1 aromatic heterocycles. The first kappa shape index (κ1) is 22.7. The SMILES string of the molecule is COc1ccc(Cl)cc1NC(=NCCc1c[nH]c2ccccc12)NC(=O)c1cccc(Cl)c1. The fraction of sp³-hybridized carbons (Fsp3) is 0.120. The number of guanidine groups is 1. The molecule has 33 heavy (non-hydrogen) atoms. The van der Waals surface area contributed by atoms with E-state index >= 15 is 0 Å². The minimum Gasteiger partial charge on any atom is -0.495 e. The number of nitrogens with zero attached hydrogens (tertiary/aromatic N) is 1. The van der Waals surface area contributed by atoms with Crippen molar-refractivity contribution in [2.24, 2.45) is 4.99 Å². The average molecular weight is 481 g/mol. The molecule has 8 heteroatoms. The Morgan fingerprint density at radius 2 is 1.85 bits per heavy atom. The monoisotopic (exact) mass is 480 g/mol. The van der Waals surface area contributed by atoms with E-state index in [4.69, 9.17) is 27.9 Å². The van der Waals surface area contributed by atoms with E-state index in [9.17, 15) is 4.79 Å². The molecule has 4 aromatic rings. The number of carbonyl (C=O) groups excluding carboxylic acids is 1. The number of aliphatic imine (C=N–C) groups is 1. The fourth-order valence-electron chi connectivity index (χ4n) is 3.45. The molecule has 1 heterocycles. The molecular formula is C25H22Cl2N4O2. The van der Waals surface area contributed by atoms with Crippen LogP contribution in [0.25, 0.3) is 10.9 Å². The number of para-hydroxylation sites is 1. The first-order valence-electron chi connectivity index (χ1n) is 10.3. The quantitative estimate of drug-likeness (QED) is 0.236. The minimum absolute atomic E-state index is 0.278. The molecule has 0 bridgehead atoms. The van der Waals surface area contributed by atoms with Crippen molar-refractivity contribution in [3.8, 4) is 5.75 Å². The van der Waals surface area contributed by atoms with Crippen LogP contribution < -0.4 is 15.4 Å². The topological polar surface area (TPSA) is 78.5 Å². The summed E-state index contributed by atoms with van der Waals surface area (Å²) in [6.45, 7) is 0.447.